The second kappa shape index (κ2) is 3.34. The highest BCUT2D eigenvalue weighted by molar-refractivity contribution is 5.31. The molecule has 0 aromatic carbocycles. The normalized spacial score (nSPS) is 10.4. The molecule has 1 aromatic rings. The van der Waals surface area contributed by atoms with Crippen LogP contribution < -0.4 is 5.73 Å². The number of anilines is 1. The van der Waals surface area contributed by atoms with Crippen molar-refractivity contribution in [1.29, 1.82) is 0 Å². The predicted octanol–water partition coefficient (Wildman–Crippen LogP) is 0.320. The molecular weight excluding hydrogens is 149 g/mol. The molecule has 1 rings (SSSR count). The minimum atomic E-state index is -0.470. The van der Waals surface area contributed by atoms with Crippen LogP contribution in [0.4, 0.5) is 10.2 Å². The lowest BCUT2D eigenvalue weighted by molar-refractivity contribution is 0.200. The van der Waals surface area contributed by atoms with Crippen molar-refractivity contribution in [2.45, 2.75) is 6.42 Å². The lowest BCUT2D eigenvalue weighted by Gasteiger charge is -1.94. The number of methoxy groups -OCH3 is 1. The molecule has 0 radical (unpaired) electrons. The topological polar surface area (TPSA) is 63.9 Å². The molecule has 62 valence electrons. The van der Waals surface area contributed by atoms with Crippen molar-refractivity contribution in [3.63, 3.8) is 0 Å². The number of nitrogens with two attached hydrogens (primary N) is 1. The van der Waals surface area contributed by atoms with Gasteiger partial charge >= 0.3 is 0 Å². The Morgan fingerprint density at radius 2 is 2.45 bits per heavy atom. The Hall–Kier alpha value is -1.10. The summed E-state index contributed by atoms with van der Waals surface area (Å²) in [6.07, 6.45) is 0.465. The van der Waals surface area contributed by atoms with E-state index in [9.17, 15) is 4.39 Å². The number of aromatic nitrogens is 2. The van der Waals surface area contributed by atoms with Gasteiger partial charge in [0.1, 0.15) is 0 Å². The summed E-state index contributed by atoms with van der Waals surface area (Å²) in [7, 11) is 1.55. The van der Waals surface area contributed by atoms with Crippen LogP contribution in [-0.2, 0) is 11.2 Å². The Bertz CT molecular complexity index is 236. The van der Waals surface area contributed by atoms with Gasteiger partial charge in [0.2, 0.25) is 0 Å². The minimum Gasteiger partial charge on any atom is -0.384 e. The van der Waals surface area contributed by atoms with E-state index in [2.05, 4.69) is 10.2 Å². The maximum Gasteiger partial charge on any atom is 0.187 e. The predicted molar refractivity (Wildman–Crippen MR) is 38.5 cm³/mol. The van der Waals surface area contributed by atoms with Gasteiger partial charge in [-0.25, -0.2) is 4.39 Å². The number of nitrogens with one attached hydrogen (secondary N) is 1. The first-order valence-electron chi connectivity index (χ1n) is 3.23. The molecule has 0 aliphatic heterocycles. The van der Waals surface area contributed by atoms with Crippen molar-refractivity contribution in [2.24, 2.45) is 0 Å². The molecule has 3 N–H and O–H groups in total. The molecule has 0 saturated carbocycles. The Balaban J connectivity index is 2.63. The molecule has 4 nitrogen and oxygen atoms in total. The number of H-pyrrole nitrogens is 1. The summed E-state index contributed by atoms with van der Waals surface area (Å²) >= 11 is 0. The zero-order chi connectivity index (χ0) is 8.27. The van der Waals surface area contributed by atoms with E-state index in [0.29, 0.717) is 18.7 Å². The summed E-state index contributed by atoms with van der Waals surface area (Å²) in [5, 5.41) is 5.97. The molecule has 0 aliphatic rings. The minimum absolute atomic E-state index is 0.0869. The largest absolute Gasteiger partial charge is 0.384 e. The molecule has 1 aromatic heterocycles. The zero-order valence-corrected chi connectivity index (χ0v) is 6.22. The number of ether oxygens (including phenoxy) is 1. The van der Waals surface area contributed by atoms with Gasteiger partial charge in [-0.2, -0.15) is 5.10 Å². The van der Waals surface area contributed by atoms with E-state index in [1.54, 1.807) is 7.11 Å². The second-order valence-corrected chi connectivity index (χ2v) is 2.14. The third-order valence-corrected chi connectivity index (χ3v) is 1.36. The average Bonchev–Trinajstić information content (AvgIpc) is 2.31. The number of nitrogens with zero attached hydrogens (tertiary/aromatic N) is 1. The summed E-state index contributed by atoms with van der Waals surface area (Å²) in [6, 6.07) is 0. The molecule has 0 amide bonds. The first kappa shape index (κ1) is 8.00. The maximum absolute atomic E-state index is 12.8. The van der Waals surface area contributed by atoms with E-state index >= 15 is 0 Å². The van der Waals surface area contributed by atoms with Crippen molar-refractivity contribution in [3.8, 4) is 0 Å². The van der Waals surface area contributed by atoms with Crippen LogP contribution in [0.25, 0.3) is 0 Å². The molecular formula is C6H10FN3O. The van der Waals surface area contributed by atoms with Gasteiger partial charge in [0, 0.05) is 13.5 Å². The lowest BCUT2D eigenvalue weighted by Crippen LogP contribution is -1.97. The molecule has 0 unspecified atom stereocenters. The van der Waals surface area contributed by atoms with Crippen LogP contribution in [0.1, 0.15) is 5.69 Å². The van der Waals surface area contributed by atoms with Gasteiger partial charge in [-0.05, 0) is 0 Å². The second-order valence-electron chi connectivity index (χ2n) is 2.14. The summed E-state index contributed by atoms with van der Waals surface area (Å²) in [5.41, 5.74) is 5.55. The molecule has 0 aliphatic carbocycles. The molecule has 11 heavy (non-hydrogen) atoms. The fourth-order valence-corrected chi connectivity index (χ4v) is 0.750. The fourth-order valence-electron chi connectivity index (χ4n) is 0.750. The number of rotatable bonds is 3. The number of nitrogen functional groups attached to an aromatic ring is 1. The number of halogens is 1. The van der Waals surface area contributed by atoms with Crippen molar-refractivity contribution >= 4 is 5.82 Å². The summed E-state index contributed by atoms with van der Waals surface area (Å²) in [6.45, 7) is 0.457. The number of hydrogen-bond donors (Lipinski definition) is 2. The molecule has 5 heteroatoms. The van der Waals surface area contributed by atoms with Crippen LogP contribution in [0.5, 0.6) is 0 Å². The van der Waals surface area contributed by atoms with Gasteiger partial charge in [0.15, 0.2) is 11.6 Å². The summed E-state index contributed by atoms with van der Waals surface area (Å²) < 4.78 is 17.6. The van der Waals surface area contributed by atoms with Crippen LogP contribution in [0.2, 0.25) is 0 Å². The van der Waals surface area contributed by atoms with Crippen LogP contribution in [0.15, 0.2) is 0 Å². The van der Waals surface area contributed by atoms with Crippen molar-refractivity contribution in [3.05, 3.63) is 11.5 Å². The number of hydrogen-bond acceptors (Lipinski definition) is 3. The van der Waals surface area contributed by atoms with E-state index in [1.165, 1.54) is 0 Å². The van der Waals surface area contributed by atoms with Crippen LogP contribution in [0.3, 0.4) is 0 Å². The average molecular weight is 159 g/mol. The highest BCUT2D eigenvalue weighted by Gasteiger charge is 2.08. The van der Waals surface area contributed by atoms with E-state index in [-0.39, 0.29) is 5.82 Å². The van der Waals surface area contributed by atoms with Crippen molar-refractivity contribution in [1.82, 2.24) is 10.2 Å². The molecule has 0 spiro atoms. The first-order chi connectivity index (χ1) is 5.25. The molecule has 1 heterocycles. The van der Waals surface area contributed by atoms with Gasteiger partial charge in [-0.1, -0.05) is 0 Å². The molecule has 0 saturated heterocycles. The monoisotopic (exact) mass is 159 g/mol. The van der Waals surface area contributed by atoms with Crippen molar-refractivity contribution in [2.75, 3.05) is 19.5 Å². The van der Waals surface area contributed by atoms with Gasteiger partial charge in [0.25, 0.3) is 0 Å². The van der Waals surface area contributed by atoms with Gasteiger partial charge in [-0.3, -0.25) is 5.10 Å². The fraction of sp³-hybridized carbons (Fsp3) is 0.500. The quantitative estimate of drug-likeness (QED) is 0.667. The standard InChI is InChI=1S/C6H10FN3O/c1-11-3-2-4-5(7)6(8)10-9-4/h2-3H2,1H3,(H3,8,9,10). The summed E-state index contributed by atoms with van der Waals surface area (Å²) in [4.78, 5) is 0. The third-order valence-electron chi connectivity index (χ3n) is 1.36. The highest BCUT2D eigenvalue weighted by Crippen LogP contribution is 2.10. The Morgan fingerprint density at radius 3 is 2.91 bits per heavy atom. The maximum atomic E-state index is 12.8. The summed E-state index contributed by atoms with van der Waals surface area (Å²) in [5.74, 6) is -0.557. The Morgan fingerprint density at radius 1 is 1.73 bits per heavy atom. The van der Waals surface area contributed by atoms with E-state index < -0.39 is 5.82 Å². The van der Waals surface area contributed by atoms with E-state index in [1.807, 2.05) is 0 Å². The Kier molecular flexibility index (Phi) is 2.43. The molecule has 0 bridgehead atoms. The van der Waals surface area contributed by atoms with E-state index in [0.717, 1.165) is 0 Å². The highest BCUT2D eigenvalue weighted by atomic mass is 19.1. The third kappa shape index (κ3) is 1.68. The zero-order valence-electron chi connectivity index (χ0n) is 6.22. The van der Waals surface area contributed by atoms with Gasteiger partial charge in [0.05, 0.1) is 12.3 Å². The van der Waals surface area contributed by atoms with Gasteiger partial charge in [-0.15, -0.1) is 0 Å². The molecule has 0 atom stereocenters. The van der Waals surface area contributed by atoms with Crippen LogP contribution >= 0.6 is 0 Å². The smallest absolute Gasteiger partial charge is 0.187 e. The van der Waals surface area contributed by atoms with Crippen LogP contribution in [-0.4, -0.2) is 23.9 Å². The van der Waals surface area contributed by atoms with Crippen LogP contribution in [0, 0.1) is 5.82 Å². The SMILES string of the molecule is COCCc1[nH]nc(N)c1F. The van der Waals surface area contributed by atoms with Gasteiger partial charge < -0.3 is 10.5 Å². The first-order valence-corrected chi connectivity index (χ1v) is 3.23. The lowest BCUT2D eigenvalue weighted by atomic mass is 10.3. The number of aromatic amines is 1. The Labute approximate surface area is 63.5 Å². The van der Waals surface area contributed by atoms with E-state index in [4.69, 9.17) is 10.5 Å². The molecule has 0 fully saturated rings. The van der Waals surface area contributed by atoms with Crippen molar-refractivity contribution < 1.29 is 9.13 Å².